The Hall–Kier alpha value is -9.62. The van der Waals surface area contributed by atoms with Gasteiger partial charge >= 0.3 is 0 Å². The summed E-state index contributed by atoms with van der Waals surface area (Å²) in [4.78, 5) is 0. The van der Waals surface area contributed by atoms with Gasteiger partial charge in [-0.05, 0) is 73.2 Å². The van der Waals surface area contributed by atoms with Crippen LogP contribution in [0, 0.1) is 29.6 Å². The van der Waals surface area contributed by atoms with Crippen molar-refractivity contribution in [3.63, 3.8) is 0 Å². The molecule has 10 aromatic carbocycles. The molecular weight excluding hydrogens is 841 g/mol. The van der Waals surface area contributed by atoms with Gasteiger partial charge in [0, 0.05) is 54.3 Å². The van der Waals surface area contributed by atoms with E-state index in [1.807, 2.05) is 6.07 Å². The molecule has 4 aromatic heterocycles. The average molecular weight is 879 g/mol. The van der Waals surface area contributed by atoms with Crippen LogP contribution in [-0.4, -0.2) is 18.3 Å². The summed E-state index contributed by atoms with van der Waals surface area (Å²) >= 11 is 0. The lowest BCUT2D eigenvalue weighted by Gasteiger charge is -2.26. The predicted octanol–water partition coefficient (Wildman–Crippen LogP) is 15.8. The average Bonchev–Trinajstić information content (AvgIpc) is 4.12. The summed E-state index contributed by atoms with van der Waals surface area (Å²) in [6, 6.07) is 80.0. The van der Waals surface area contributed by atoms with E-state index in [1.54, 1.807) is 0 Å². The third-order valence-corrected chi connectivity index (χ3v) is 14.3. The largest absolute Gasteiger partial charge is 0.309 e. The second-order valence-corrected chi connectivity index (χ2v) is 17.9. The Bertz CT molecular complexity index is 4300. The Morgan fingerprint density at radius 3 is 1.04 bits per heavy atom. The van der Waals surface area contributed by atoms with Crippen molar-refractivity contribution in [3.05, 3.63) is 229 Å². The molecule has 320 valence electrons. The molecular formula is C63H38N6. The fourth-order valence-electron chi connectivity index (χ4n) is 11.4. The number of hydrogen-bond acceptors (Lipinski definition) is 2. The Morgan fingerprint density at radius 1 is 0.304 bits per heavy atom. The van der Waals surface area contributed by atoms with Gasteiger partial charge in [-0.2, -0.15) is 10.5 Å². The molecule has 14 rings (SSSR count). The lowest BCUT2D eigenvalue weighted by atomic mass is 9.91. The molecule has 0 aliphatic heterocycles. The van der Waals surface area contributed by atoms with Gasteiger partial charge in [0.05, 0.1) is 61.2 Å². The standard InChI is InChI=1S/C63H38N6/c1-39-31-33-40(34-32-39)60-62(67-53-26-12-5-19-42(53)43-20-6-13-27-54(43)67)50(37-64)61(51(38-65)63(60)68-55-28-14-7-21-44(55)45-22-8-15-29-56(45)68)69-57-30-16-10-24-47(57)49-35-48-46-23-9-11-25-52(46)66(58(48)36-59(49)69)41-17-3-2-4-18-41/h2-36H,1H3. The molecule has 0 N–H and O–H groups in total. The predicted molar refractivity (Wildman–Crippen MR) is 283 cm³/mol. The number of aryl methyl sites for hydroxylation is 1. The van der Waals surface area contributed by atoms with E-state index in [2.05, 4.69) is 244 Å². The zero-order valence-electron chi connectivity index (χ0n) is 37.4. The highest BCUT2D eigenvalue weighted by Gasteiger charge is 2.33. The Labute approximate surface area is 396 Å². The maximum atomic E-state index is 12.2. The summed E-state index contributed by atoms with van der Waals surface area (Å²) in [7, 11) is 0. The number of aromatic nitrogens is 4. The molecule has 0 aliphatic rings. The van der Waals surface area contributed by atoms with Crippen LogP contribution in [0.3, 0.4) is 0 Å². The van der Waals surface area contributed by atoms with Crippen LogP contribution >= 0.6 is 0 Å². The number of hydrogen-bond donors (Lipinski definition) is 0. The van der Waals surface area contributed by atoms with E-state index in [-0.39, 0.29) is 0 Å². The van der Waals surface area contributed by atoms with Crippen molar-refractivity contribution in [1.29, 1.82) is 10.5 Å². The van der Waals surface area contributed by atoms with Crippen molar-refractivity contribution >= 4 is 87.2 Å². The summed E-state index contributed by atoms with van der Waals surface area (Å²) < 4.78 is 9.09. The van der Waals surface area contributed by atoms with E-state index in [0.29, 0.717) is 28.2 Å². The smallest absolute Gasteiger partial charge is 0.104 e. The number of nitrogens with zero attached hydrogens (tertiary/aromatic N) is 6. The van der Waals surface area contributed by atoms with Crippen molar-refractivity contribution in [2.75, 3.05) is 0 Å². The number of nitriles is 2. The molecule has 0 unspecified atom stereocenters. The monoisotopic (exact) mass is 878 g/mol. The molecule has 0 aliphatic carbocycles. The fourth-order valence-corrected chi connectivity index (χ4v) is 11.4. The van der Waals surface area contributed by atoms with E-state index in [1.165, 1.54) is 0 Å². The van der Waals surface area contributed by atoms with Gasteiger partial charge in [0.25, 0.3) is 0 Å². The minimum Gasteiger partial charge on any atom is -0.309 e. The fraction of sp³-hybridized carbons (Fsp3) is 0.0159. The van der Waals surface area contributed by atoms with E-state index in [9.17, 15) is 10.5 Å². The van der Waals surface area contributed by atoms with Gasteiger partial charge in [-0.3, -0.25) is 0 Å². The number of rotatable bonds is 5. The van der Waals surface area contributed by atoms with Crippen molar-refractivity contribution < 1.29 is 0 Å². The van der Waals surface area contributed by atoms with Gasteiger partial charge in [0.2, 0.25) is 0 Å². The minimum absolute atomic E-state index is 0.393. The SMILES string of the molecule is Cc1ccc(-c2c(-n3c4ccccc4c4ccccc43)c(C#N)c(-n3c4ccccc4c4cc5c6ccccc6n(-c6ccccc6)c5cc43)c(C#N)c2-n2c3ccccc3c3ccccc32)cc1. The van der Waals surface area contributed by atoms with E-state index in [4.69, 9.17) is 0 Å². The van der Waals surface area contributed by atoms with Crippen LogP contribution in [0.5, 0.6) is 0 Å². The second kappa shape index (κ2) is 14.7. The Balaban J connectivity index is 1.27. The van der Waals surface area contributed by atoms with Gasteiger partial charge in [0.1, 0.15) is 23.3 Å². The van der Waals surface area contributed by atoms with Crippen molar-refractivity contribution in [1.82, 2.24) is 18.3 Å². The number of fused-ring (bicyclic) bond motifs is 12. The van der Waals surface area contributed by atoms with Gasteiger partial charge in [-0.15, -0.1) is 0 Å². The quantitative estimate of drug-likeness (QED) is 0.173. The summed E-state index contributed by atoms with van der Waals surface area (Å²) in [5, 5.41) is 33.1. The highest BCUT2D eigenvalue weighted by atomic mass is 15.1. The van der Waals surface area contributed by atoms with Crippen LogP contribution in [0.4, 0.5) is 0 Å². The van der Waals surface area contributed by atoms with Crippen LogP contribution in [0.25, 0.3) is 121 Å². The molecule has 0 radical (unpaired) electrons. The molecule has 4 heterocycles. The van der Waals surface area contributed by atoms with Crippen LogP contribution < -0.4 is 0 Å². The number of benzene rings is 10. The van der Waals surface area contributed by atoms with Crippen LogP contribution in [0.1, 0.15) is 16.7 Å². The van der Waals surface area contributed by atoms with Crippen molar-refractivity contribution in [3.8, 4) is 46.0 Å². The Kier molecular flexibility index (Phi) is 8.23. The van der Waals surface area contributed by atoms with E-state index >= 15 is 0 Å². The molecule has 0 saturated heterocycles. The van der Waals surface area contributed by atoms with Crippen molar-refractivity contribution in [2.45, 2.75) is 6.92 Å². The topological polar surface area (TPSA) is 67.3 Å². The van der Waals surface area contributed by atoms with E-state index in [0.717, 1.165) is 110 Å². The second-order valence-electron chi connectivity index (χ2n) is 17.9. The molecule has 0 amide bonds. The number of para-hydroxylation sites is 7. The summed E-state index contributed by atoms with van der Waals surface area (Å²) in [6.07, 6.45) is 0. The first kappa shape index (κ1) is 38.6. The van der Waals surface area contributed by atoms with Crippen LogP contribution in [0.2, 0.25) is 0 Å². The molecule has 0 fully saturated rings. The lowest BCUT2D eigenvalue weighted by Crippen LogP contribution is -2.14. The summed E-state index contributed by atoms with van der Waals surface area (Å²) in [5.74, 6) is 0. The van der Waals surface area contributed by atoms with Gasteiger partial charge in [-0.1, -0.05) is 157 Å². The molecule has 6 heteroatoms. The van der Waals surface area contributed by atoms with Gasteiger partial charge < -0.3 is 18.3 Å². The molecule has 0 bridgehead atoms. The first-order valence-electron chi connectivity index (χ1n) is 23.2. The third kappa shape index (κ3) is 5.34. The lowest BCUT2D eigenvalue weighted by molar-refractivity contribution is 1.08. The highest BCUT2D eigenvalue weighted by molar-refractivity contribution is 6.20. The molecule has 0 atom stereocenters. The maximum Gasteiger partial charge on any atom is 0.104 e. The van der Waals surface area contributed by atoms with Crippen LogP contribution in [0.15, 0.2) is 212 Å². The Morgan fingerprint density at radius 2 is 0.638 bits per heavy atom. The zero-order valence-corrected chi connectivity index (χ0v) is 37.4. The molecule has 0 saturated carbocycles. The molecule has 14 aromatic rings. The first-order valence-corrected chi connectivity index (χ1v) is 23.2. The molecule has 69 heavy (non-hydrogen) atoms. The maximum absolute atomic E-state index is 12.2. The highest BCUT2D eigenvalue weighted by Crippen LogP contribution is 2.49. The minimum atomic E-state index is 0.393. The summed E-state index contributed by atoms with van der Waals surface area (Å²) in [6.45, 7) is 2.09. The van der Waals surface area contributed by atoms with Gasteiger partial charge in [-0.25, -0.2) is 0 Å². The summed E-state index contributed by atoms with van der Waals surface area (Å²) in [5.41, 5.74) is 14.3. The third-order valence-electron chi connectivity index (χ3n) is 14.3. The van der Waals surface area contributed by atoms with Gasteiger partial charge in [0.15, 0.2) is 0 Å². The molecule has 0 spiro atoms. The first-order chi connectivity index (χ1) is 34.1. The normalized spacial score (nSPS) is 11.8. The zero-order chi connectivity index (χ0) is 45.9. The van der Waals surface area contributed by atoms with Crippen molar-refractivity contribution in [2.24, 2.45) is 0 Å². The van der Waals surface area contributed by atoms with E-state index < -0.39 is 0 Å². The molecule has 6 nitrogen and oxygen atoms in total. The van der Waals surface area contributed by atoms with Crippen LogP contribution in [-0.2, 0) is 0 Å².